The highest BCUT2D eigenvalue weighted by molar-refractivity contribution is 6.00. The summed E-state index contributed by atoms with van der Waals surface area (Å²) in [6.07, 6.45) is 6.34. The third kappa shape index (κ3) is 4.53. The number of anilines is 1. The Morgan fingerprint density at radius 1 is 0.821 bits per heavy atom. The minimum Gasteiger partial charge on any atom is -0.455 e. The summed E-state index contributed by atoms with van der Waals surface area (Å²) < 4.78 is 5.89. The normalized spacial score (nSPS) is 21.6. The Morgan fingerprint density at radius 2 is 1.50 bits per heavy atom. The van der Waals surface area contributed by atoms with Crippen molar-refractivity contribution < 1.29 is 14.3 Å². The van der Waals surface area contributed by atoms with Crippen LogP contribution in [0.1, 0.15) is 38.5 Å². The van der Waals surface area contributed by atoms with E-state index in [2.05, 4.69) is 10.6 Å². The van der Waals surface area contributed by atoms with E-state index in [9.17, 15) is 9.59 Å². The van der Waals surface area contributed by atoms with Gasteiger partial charge in [0, 0.05) is 6.04 Å². The summed E-state index contributed by atoms with van der Waals surface area (Å²) in [5, 5.41) is 6.07. The van der Waals surface area contributed by atoms with Gasteiger partial charge in [-0.25, -0.2) is 0 Å². The molecule has 0 aliphatic heterocycles. The number of nitrogens with one attached hydrogen (secondary N) is 2. The highest BCUT2D eigenvalue weighted by Crippen LogP contribution is 2.40. The van der Waals surface area contributed by atoms with E-state index in [0.29, 0.717) is 23.6 Å². The summed E-state index contributed by atoms with van der Waals surface area (Å²) in [7, 11) is 0. The first-order valence-corrected chi connectivity index (χ1v) is 10.1. The average molecular weight is 378 g/mol. The van der Waals surface area contributed by atoms with Gasteiger partial charge in [-0.15, -0.1) is 0 Å². The second-order valence-corrected chi connectivity index (χ2v) is 7.69. The first-order chi connectivity index (χ1) is 13.7. The van der Waals surface area contributed by atoms with Crippen LogP contribution in [0, 0.1) is 11.8 Å². The third-order valence-corrected chi connectivity index (χ3v) is 5.53. The molecule has 28 heavy (non-hydrogen) atoms. The Balaban J connectivity index is 1.34. The lowest BCUT2D eigenvalue weighted by Gasteiger charge is -2.22. The zero-order valence-electron chi connectivity index (χ0n) is 15.9. The quantitative estimate of drug-likeness (QED) is 0.778. The van der Waals surface area contributed by atoms with Crippen LogP contribution in [0.2, 0.25) is 0 Å². The molecular formula is C23H26N2O3. The van der Waals surface area contributed by atoms with Gasteiger partial charge < -0.3 is 15.4 Å². The Morgan fingerprint density at radius 3 is 2.29 bits per heavy atom. The fraction of sp³-hybridized carbons (Fsp3) is 0.391. The zero-order chi connectivity index (χ0) is 19.3. The van der Waals surface area contributed by atoms with Crippen molar-refractivity contribution in [3.8, 4) is 11.5 Å². The second-order valence-electron chi connectivity index (χ2n) is 7.69. The molecule has 2 saturated carbocycles. The number of ether oxygens (including phenoxy) is 1. The van der Waals surface area contributed by atoms with E-state index in [1.807, 2.05) is 54.6 Å². The summed E-state index contributed by atoms with van der Waals surface area (Å²) in [5.41, 5.74) is 0.620. The molecule has 2 aromatic rings. The summed E-state index contributed by atoms with van der Waals surface area (Å²) in [5.74, 6) is 0.748. The van der Waals surface area contributed by atoms with E-state index < -0.39 is 0 Å². The summed E-state index contributed by atoms with van der Waals surface area (Å²) in [4.78, 5) is 25.1. The number of benzene rings is 2. The van der Waals surface area contributed by atoms with E-state index in [1.165, 1.54) is 19.3 Å². The molecule has 0 bridgehead atoms. The average Bonchev–Trinajstić information content (AvgIpc) is 3.52. The Kier molecular flexibility index (Phi) is 5.60. The summed E-state index contributed by atoms with van der Waals surface area (Å²) in [6, 6.07) is 17.1. The number of carbonyl (C=O) groups is 2. The van der Waals surface area contributed by atoms with E-state index in [1.54, 1.807) is 0 Å². The van der Waals surface area contributed by atoms with Crippen LogP contribution in [-0.4, -0.2) is 17.9 Å². The van der Waals surface area contributed by atoms with Gasteiger partial charge in [-0.3, -0.25) is 9.59 Å². The number of amides is 2. The molecule has 0 aromatic heterocycles. The molecule has 146 valence electrons. The van der Waals surface area contributed by atoms with Crippen molar-refractivity contribution in [2.45, 2.75) is 44.6 Å². The number of para-hydroxylation sites is 3. The van der Waals surface area contributed by atoms with Gasteiger partial charge in [0.15, 0.2) is 5.75 Å². The van der Waals surface area contributed by atoms with Gasteiger partial charge in [0.05, 0.1) is 17.5 Å². The van der Waals surface area contributed by atoms with E-state index >= 15 is 0 Å². The summed E-state index contributed by atoms with van der Waals surface area (Å²) in [6.45, 7) is 0. The maximum absolute atomic E-state index is 12.6. The fourth-order valence-corrected chi connectivity index (χ4v) is 3.83. The Bertz CT molecular complexity index is 831. The molecule has 0 saturated heterocycles. The van der Waals surface area contributed by atoms with E-state index in [-0.39, 0.29) is 29.7 Å². The van der Waals surface area contributed by atoms with Gasteiger partial charge in [0.25, 0.3) is 0 Å². The minimum absolute atomic E-state index is 0.0286. The predicted molar refractivity (Wildman–Crippen MR) is 108 cm³/mol. The molecule has 5 nitrogen and oxygen atoms in total. The maximum atomic E-state index is 12.6. The van der Waals surface area contributed by atoms with Crippen LogP contribution in [0.5, 0.6) is 11.5 Å². The lowest BCUT2D eigenvalue weighted by Crippen LogP contribution is -2.37. The van der Waals surface area contributed by atoms with Crippen LogP contribution in [0.15, 0.2) is 54.6 Å². The van der Waals surface area contributed by atoms with Crippen LogP contribution >= 0.6 is 0 Å². The molecule has 2 unspecified atom stereocenters. The van der Waals surface area contributed by atoms with Crippen molar-refractivity contribution in [2.24, 2.45) is 11.8 Å². The molecule has 2 atom stereocenters. The maximum Gasteiger partial charge on any atom is 0.228 e. The number of hydrogen-bond acceptors (Lipinski definition) is 3. The highest BCUT2D eigenvalue weighted by atomic mass is 16.5. The molecule has 2 aliphatic carbocycles. The van der Waals surface area contributed by atoms with Crippen molar-refractivity contribution in [3.63, 3.8) is 0 Å². The third-order valence-electron chi connectivity index (χ3n) is 5.53. The van der Waals surface area contributed by atoms with Crippen molar-refractivity contribution >= 4 is 17.5 Å². The SMILES string of the molecule is O=C(Nc1ccccc1Oc1ccccc1)C1CC1C(=O)NC1CCCCC1. The highest BCUT2D eigenvalue weighted by Gasteiger charge is 2.48. The fourth-order valence-electron chi connectivity index (χ4n) is 3.83. The predicted octanol–water partition coefficient (Wildman–Crippen LogP) is 4.50. The molecule has 2 N–H and O–H groups in total. The molecule has 2 aliphatic rings. The topological polar surface area (TPSA) is 67.4 Å². The van der Waals surface area contributed by atoms with Gasteiger partial charge in [0.1, 0.15) is 5.75 Å². The van der Waals surface area contributed by atoms with Crippen LogP contribution in [0.25, 0.3) is 0 Å². The smallest absolute Gasteiger partial charge is 0.228 e. The molecule has 4 rings (SSSR count). The van der Waals surface area contributed by atoms with Crippen LogP contribution in [0.3, 0.4) is 0 Å². The summed E-state index contributed by atoms with van der Waals surface area (Å²) >= 11 is 0. The Labute approximate surface area is 165 Å². The second kappa shape index (κ2) is 8.46. The molecule has 5 heteroatoms. The first-order valence-electron chi connectivity index (χ1n) is 10.1. The largest absolute Gasteiger partial charge is 0.455 e. The van der Waals surface area contributed by atoms with Gasteiger partial charge in [-0.1, -0.05) is 49.6 Å². The van der Waals surface area contributed by atoms with E-state index in [0.717, 1.165) is 12.8 Å². The van der Waals surface area contributed by atoms with Crippen molar-refractivity contribution in [1.82, 2.24) is 5.32 Å². The van der Waals surface area contributed by atoms with Crippen molar-refractivity contribution in [2.75, 3.05) is 5.32 Å². The minimum atomic E-state index is -0.256. The number of hydrogen-bond donors (Lipinski definition) is 2. The van der Waals surface area contributed by atoms with E-state index in [4.69, 9.17) is 4.74 Å². The number of rotatable bonds is 6. The Hall–Kier alpha value is -2.82. The molecule has 2 fully saturated rings. The molecule has 2 aromatic carbocycles. The van der Waals surface area contributed by atoms with Crippen molar-refractivity contribution in [3.05, 3.63) is 54.6 Å². The van der Waals surface area contributed by atoms with Gasteiger partial charge >= 0.3 is 0 Å². The van der Waals surface area contributed by atoms with Crippen LogP contribution < -0.4 is 15.4 Å². The molecule has 0 spiro atoms. The molecule has 0 heterocycles. The zero-order valence-corrected chi connectivity index (χ0v) is 15.9. The molecule has 0 radical (unpaired) electrons. The van der Waals surface area contributed by atoms with Gasteiger partial charge in [0.2, 0.25) is 11.8 Å². The molecular weight excluding hydrogens is 352 g/mol. The number of carbonyl (C=O) groups excluding carboxylic acids is 2. The lowest BCUT2D eigenvalue weighted by atomic mass is 9.95. The van der Waals surface area contributed by atoms with Crippen molar-refractivity contribution in [1.29, 1.82) is 0 Å². The lowest BCUT2D eigenvalue weighted by molar-refractivity contribution is -0.126. The standard InChI is InChI=1S/C23H26N2O3/c26-22(24-16-9-3-1-4-10-16)18-15-19(18)23(27)25-20-13-7-8-14-21(20)28-17-11-5-2-6-12-17/h2,5-8,11-14,16,18-19H,1,3-4,9-10,15H2,(H,24,26)(H,25,27). The monoisotopic (exact) mass is 378 g/mol. The van der Waals surface area contributed by atoms with Gasteiger partial charge in [-0.05, 0) is 43.5 Å². The van der Waals surface area contributed by atoms with Crippen LogP contribution in [0.4, 0.5) is 5.69 Å². The molecule has 2 amide bonds. The first kappa shape index (κ1) is 18.5. The van der Waals surface area contributed by atoms with Crippen LogP contribution in [-0.2, 0) is 9.59 Å². The van der Waals surface area contributed by atoms with Gasteiger partial charge in [-0.2, -0.15) is 0 Å².